The molecule has 2 saturated heterocycles. The van der Waals surface area contributed by atoms with Crippen molar-refractivity contribution in [1.82, 2.24) is 14.3 Å². The molecule has 2 aromatic rings. The van der Waals surface area contributed by atoms with Gasteiger partial charge in [-0.2, -0.15) is 9.57 Å². The number of hydrogen-bond acceptors (Lipinski definition) is 9. The fraction of sp³-hybridized carbons (Fsp3) is 0.480. The van der Waals surface area contributed by atoms with Gasteiger partial charge in [-0.05, 0) is 56.6 Å². The van der Waals surface area contributed by atoms with Crippen LogP contribution in [0.2, 0.25) is 5.02 Å². The van der Waals surface area contributed by atoms with Gasteiger partial charge in [0.1, 0.15) is 24.5 Å². The number of piperidine rings is 1. The highest BCUT2D eigenvalue weighted by atomic mass is 35.5. The Morgan fingerprint density at radius 3 is 2.62 bits per heavy atom. The Morgan fingerprint density at radius 2 is 1.95 bits per heavy atom. The molecule has 0 aliphatic carbocycles. The fourth-order valence-corrected chi connectivity index (χ4v) is 7.28. The summed E-state index contributed by atoms with van der Waals surface area (Å²) in [7, 11) is -6.02. The van der Waals surface area contributed by atoms with Crippen molar-refractivity contribution < 1.29 is 31.4 Å². The molecule has 2 aliphatic rings. The minimum atomic E-state index is -3.75. The van der Waals surface area contributed by atoms with E-state index in [0.717, 1.165) is 0 Å². The molecular formula is C25H31ClN4O7S2. The molecule has 0 saturated carbocycles. The second-order valence-electron chi connectivity index (χ2n) is 9.61. The highest BCUT2D eigenvalue weighted by Gasteiger charge is 2.44. The number of ether oxygens (including phenoxy) is 2. The SMILES string of the molecule is CNS(=O)(=O)c1cccc(OC[C@@H](O)CNC2COC3(CCN(S(=O)(=O)c4ccc(C#N)c(Cl)c4)CC3)C2)c1. The van der Waals surface area contributed by atoms with Crippen LogP contribution >= 0.6 is 11.6 Å². The van der Waals surface area contributed by atoms with E-state index in [2.05, 4.69) is 10.0 Å². The third-order valence-electron chi connectivity index (χ3n) is 7.01. The summed E-state index contributed by atoms with van der Waals surface area (Å²) >= 11 is 6.04. The first kappa shape index (κ1) is 29.7. The van der Waals surface area contributed by atoms with Crippen molar-refractivity contribution in [1.29, 1.82) is 5.26 Å². The molecule has 212 valence electrons. The van der Waals surface area contributed by atoms with E-state index in [1.165, 1.54) is 41.7 Å². The van der Waals surface area contributed by atoms with Crippen molar-refractivity contribution in [3.05, 3.63) is 53.1 Å². The molecule has 39 heavy (non-hydrogen) atoms. The van der Waals surface area contributed by atoms with Gasteiger partial charge in [-0.25, -0.2) is 21.6 Å². The standard InChI is InChI=1S/C25H31ClN4O7S2/c1-28-38(32,33)22-4-2-3-21(11-22)36-17-20(31)15-29-19-13-25(37-16-19)7-9-30(10-8-25)39(34,35)23-6-5-18(14-27)24(26)12-23/h2-6,11-12,19-20,28-29,31H,7-10,13,15-17H2,1H3/t19?,20-/m0/s1. The molecular weight excluding hydrogens is 568 g/mol. The van der Waals surface area contributed by atoms with Crippen LogP contribution in [0.3, 0.4) is 0 Å². The van der Waals surface area contributed by atoms with Crippen LogP contribution < -0.4 is 14.8 Å². The molecule has 2 aliphatic heterocycles. The lowest BCUT2D eigenvalue weighted by molar-refractivity contribution is -0.0312. The minimum absolute atomic E-state index is 0.00996. The molecule has 2 atom stereocenters. The van der Waals surface area contributed by atoms with E-state index in [9.17, 15) is 21.9 Å². The van der Waals surface area contributed by atoms with Crippen LogP contribution in [-0.4, -0.2) is 83.9 Å². The minimum Gasteiger partial charge on any atom is -0.491 e. The van der Waals surface area contributed by atoms with Crippen LogP contribution in [0.1, 0.15) is 24.8 Å². The number of aliphatic hydroxyl groups is 1. The Kier molecular flexibility index (Phi) is 9.19. The summed E-state index contributed by atoms with van der Waals surface area (Å²) in [6.45, 7) is 1.26. The van der Waals surface area contributed by atoms with Gasteiger partial charge in [-0.15, -0.1) is 0 Å². The lowest BCUT2D eigenvalue weighted by atomic mass is 9.88. The average Bonchev–Trinajstić information content (AvgIpc) is 3.33. The fourth-order valence-electron chi connectivity index (χ4n) is 4.76. The predicted octanol–water partition coefficient (Wildman–Crippen LogP) is 1.46. The molecule has 2 fully saturated rings. The van der Waals surface area contributed by atoms with E-state index in [0.29, 0.717) is 44.7 Å². The summed E-state index contributed by atoms with van der Waals surface area (Å²) in [5.74, 6) is 0.332. The summed E-state index contributed by atoms with van der Waals surface area (Å²) < 4.78 is 65.4. The number of aliphatic hydroxyl groups excluding tert-OH is 1. The summed E-state index contributed by atoms with van der Waals surface area (Å²) in [5.41, 5.74) is -0.218. The van der Waals surface area contributed by atoms with Gasteiger partial charge in [0.05, 0.1) is 32.6 Å². The summed E-state index contributed by atoms with van der Waals surface area (Å²) in [6.07, 6.45) is 0.913. The van der Waals surface area contributed by atoms with Gasteiger partial charge in [0.15, 0.2) is 0 Å². The Balaban J connectivity index is 1.24. The van der Waals surface area contributed by atoms with E-state index in [1.807, 2.05) is 6.07 Å². The maximum Gasteiger partial charge on any atom is 0.243 e. The van der Waals surface area contributed by atoms with Crippen LogP contribution in [-0.2, 0) is 24.8 Å². The Bertz CT molecular complexity index is 1440. The van der Waals surface area contributed by atoms with E-state index in [4.69, 9.17) is 26.3 Å². The number of halogens is 1. The number of hydrogen-bond donors (Lipinski definition) is 3. The van der Waals surface area contributed by atoms with Gasteiger partial charge >= 0.3 is 0 Å². The van der Waals surface area contributed by atoms with Crippen molar-refractivity contribution in [2.45, 2.75) is 46.8 Å². The van der Waals surface area contributed by atoms with Crippen molar-refractivity contribution in [3.63, 3.8) is 0 Å². The maximum absolute atomic E-state index is 13.1. The Hall–Kier alpha value is -2.28. The number of nitriles is 1. The molecule has 0 bridgehead atoms. The number of nitrogens with one attached hydrogen (secondary N) is 2. The van der Waals surface area contributed by atoms with Crippen molar-refractivity contribution in [2.24, 2.45) is 0 Å². The van der Waals surface area contributed by atoms with E-state index < -0.39 is 31.8 Å². The third-order valence-corrected chi connectivity index (χ3v) is 10.6. The summed E-state index contributed by atoms with van der Waals surface area (Å²) in [5, 5.41) is 22.8. The molecule has 3 N–H and O–H groups in total. The second-order valence-corrected chi connectivity index (χ2v) is 13.8. The average molecular weight is 599 g/mol. The van der Waals surface area contributed by atoms with Gasteiger partial charge in [0.2, 0.25) is 20.0 Å². The van der Waals surface area contributed by atoms with Crippen molar-refractivity contribution in [2.75, 3.05) is 39.9 Å². The number of nitrogens with zero attached hydrogens (tertiary/aromatic N) is 2. The quantitative estimate of drug-likeness (QED) is 0.368. The number of benzene rings is 2. The van der Waals surface area contributed by atoms with Gasteiger partial charge in [0.25, 0.3) is 0 Å². The topological polar surface area (TPSA) is 158 Å². The van der Waals surface area contributed by atoms with Crippen molar-refractivity contribution >= 4 is 31.6 Å². The molecule has 0 amide bonds. The predicted molar refractivity (Wildman–Crippen MR) is 143 cm³/mol. The Labute approximate surface area is 233 Å². The van der Waals surface area contributed by atoms with Crippen molar-refractivity contribution in [3.8, 4) is 11.8 Å². The molecule has 1 unspecified atom stereocenters. The zero-order chi connectivity index (χ0) is 28.3. The second kappa shape index (κ2) is 12.1. The van der Waals surface area contributed by atoms with Crippen LogP contribution in [0.5, 0.6) is 5.75 Å². The third kappa shape index (κ3) is 6.90. The molecule has 4 rings (SSSR count). The molecule has 14 heteroatoms. The lowest BCUT2D eigenvalue weighted by Gasteiger charge is -2.38. The van der Waals surface area contributed by atoms with Gasteiger partial charge < -0.3 is 19.9 Å². The zero-order valence-electron chi connectivity index (χ0n) is 21.3. The largest absolute Gasteiger partial charge is 0.491 e. The lowest BCUT2D eigenvalue weighted by Crippen LogP contribution is -2.47. The van der Waals surface area contributed by atoms with E-state index >= 15 is 0 Å². The van der Waals surface area contributed by atoms with E-state index in [1.54, 1.807) is 12.1 Å². The molecule has 11 nitrogen and oxygen atoms in total. The molecule has 1 spiro atoms. The monoisotopic (exact) mass is 598 g/mol. The molecule has 0 aromatic heterocycles. The first-order chi connectivity index (χ1) is 18.5. The normalized spacial score (nSPS) is 20.5. The molecule has 2 aromatic carbocycles. The first-order valence-electron chi connectivity index (χ1n) is 12.4. The van der Waals surface area contributed by atoms with Gasteiger partial charge in [-0.1, -0.05) is 17.7 Å². The molecule has 2 heterocycles. The van der Waals surface area contributed by atoms with E-state index in [-0.39, 0.29) is 39.6 Å². The molecule has 0 radical (unpaired) electrons. The Morgan fingerprint density at radius 1 is 1.21 bits per heavy atom. The maximum atomic E-state index is 13.1. The smallest absolute Gasteiger partial charge is 0.243 e. The van der Waals surface area contributed by atoms with Gasteiger partial charge in [-0.3, -0.25) is 0 Å². The summed E-state index contributed by atoms with van der Waals surface area (Å²) in [6, 6.07) is 12.0. The number of rotatable bonds is 10. The van der Waals surface area contributed by atoms with Gasteiger partial charge in [0, 0.05) is 31.7 Å². The first-order valence-corrected chi connectivity index (χ1v) is 15.7. The highest BCUT2D eigenvalue weighted by molar-refractivity contribution is 7.89. The number of sulfonamides is 2. The van der Waals surface area contributed by atoms with Crippen LogP contribution in [0.25, 0.3) is 0 Å². The highest BCUT2D eigenvalue weighted by Crippen LogP contribution is 2.37. The van der Waals surface area contributed by atoms with Crippen LogP contribution in [0, 0.1) is 11.3 Å². The van der Waals surface area contributed by atoms with Crippen LogP contribution in [0.15, 0.2) is 52.3 Å². The summed E-state index contributed by atoms with van der Waals surface area (Å²) in [4.78, 5) is 0.129. The zero-order valence-corrected chi connectivity index (χ0v) is 23.7. The van der Waals surface area contributed by atoms with Crippen LogP contribution in [0.4, 0.5) is 0 Å².